The zero-order valence-electron chi connectivity index (χ0n) is 10.4. The van der Waals surface area contributed by atoms with E-state index in [1.165, 1.54) is 6.33 Å². The predicted molar refractivity (Wildman–Crippen MR) is 70.6 cm³/mol. The Morgan fingerprint density at radius 1 is 1.74 bits per heavy atom. The Bertz CT molecular complexity index is 504. The minimum atomic E-state index is -0.901. The van der Waals surface area contributed by atoms with E-state index in [0.29, 0.717) is 18.1 Å². The quantitative estimate of drug-likeness (QED) is 0.643. The van der Waals surface area contributed by atoms with Crippen molar-refractivity contribution in [3.05, 3.63) is 16.4 Å². The molecule has 1 aromatic rings. The van der Waals surface area contributed by atoms with Crippen LogP contribution >= 0.6 is 11.8 Å². The molecule has 0 aliphatic carbocycles. The number of carbonyl (C=O) groups is 1. The van der Waals surface area contributed by atoms with E-state index in [0.717, 1.165) is 5.75 Å². The van der Waals surface area contributed by atoms with Crippen molar-refractivity contribution in [2.24, 2.45) is 7.05 Å². The number of aromatic nitrogens is 2. The summed E-state index contributed by atoms with van der Waals surface area (Å²) in [5.74, 6) is 0.733. The Balaban J connectivity index is 2.34. The van der Waals surface area contributed by atoms with Gasteiger partial charge >= 0.3 is 11.8 Å². The van der Waals surface area contributed by atoms with Gasteiger partial charge in [0.05, 0.1) is 12.5 Å². The highest BCUT2D eigenvalue weighted by molar-refractivity contribution is 7.99. The van der Waals surface area contributed by atoms with Crippen LogP contribution in [0.5, 0.6) is 0 Å². The average Bonchev–Trinajstić information content (AvgIpc) is 2.71. The smallest absolute Gasteiger partial charge is 0.406 e. The van der Waals surface area contributed by atoms with Crippen LogP contribution < -0.4 is 4.90 Å². The van der Waals surface area contributed by atoms with Crippen LogP contribution in [0.25, 0.3) is 0 Å². The highest BCUT2D eigenvalue weighted by Gasteiger charge is 2.33. The maximum absolute atomic E-state index is 11.0. The van der Waals surface area contributed by atoms with Gasteiger partial charge < -0.3 is 20.1 Å². The van der Waals surface area contributed by atoms with Gasteiger partial charge in [-0.3, -0.25) is 9.36 Å². The van der Waals surface area contributed by atoms with Gasteiger partial charge in [-0.05, 0) is 9.91 Å². The molecule has 1 saturated heterocycles. The highest BCUT2D eigenvalue weighted by Crippen LogP contribution is 2.31. The Hall–Kier alpha value is -1.77. The summed E-state index contributed by atoms with van der Waals surface area (Å²) in [7, 11) is 1.68. The Morgan fingerprint density at radius 2 is 2.47 bits per heavy atom. The zero-order chi connectivity index (χ0) is 14.0. The summed E-state index contributed by atoms with van der Waals surface area (Å²) in [6.45, 7) is 0.586. The fourth-order valence-corrected chi connectivity index (χ4v) is 3.24. The van der Waals surface area contributed by atoms with Crippen molar-refractivity contribution in [1.29, 1.82) is 0 Å². The molecule has 1 N–H and O–H groups in total. The molecule has 0 amide bonds. The van der Waals surface area contributed by atoms with Crippen molar-refractivity contribution in [1.82, 2.24) is 9.55 Å². The Morgan fingerprint density at radius 3 is 3.11 bits per heavy atom. The molecule has 1 aliphatic rings. The molecule has 0 bridgehead atoms. The van der Waals surface area contributed by atoms with Crippen LogP contribution in [0, 0.1) is 10.1 Å². The van der Waals surface area contributed by atoms with Crippen molar-refractivity contribution in [2.75, 3.05) is 23.0 Å². The van der Waals surface area contributed by atoms with Crippen molar-refractivity contribution in [2.45, 2.75) is 12.5 Å². The van der Waals surface area contributed by atoms with Gasteiger partial charge in [0.15, 0.2) is 0 Å². The van der Waals surface area contributed by atoms with E-state index in [1.54, 1.807) is 28.3 Å². The molecule has 9 heteroatoms. The average molecular weight is 286 g/mol. The monoisotopic (exact) mass is 286 g/mol. The molecule has 1 unspecified atom stereocenters. The van der Waals surface area contributed by atoms with E-state index in [2.05, 4.69) is 4.98 Å². The second-order valence-corrected chi connectivity index (χ2v) is 5.43. The molecule has 1 atom stereocenters. The standard InChI is InChI=1S/C10H14N4O4S/c1-12-6-11-9(14(17)18)10(12)13-2-3-19-5-7(13)4-8(15)16/h6-7H,2-5H2,1H3,(H,15,16). The predicted octanol–water partition coefficient (Wildman–Crippen LogP) is 0.725. The summed E-state index contributed by atoms with van der Waals surface area (Å²) in [6, 6.07) is -0.245. The van der Waals surface area contributed by atoms with Gasteiger partial charge in [-0.15, -0.1) is 0 Å². The second kappa shape index (κ2) is 5.47. The van der Waals surface area contributed by atoms with Crippen LogP contribution in [0.15, 0.2) is 6.33 Å². The van der Waals surface area contributed by atoms with Crippen molar-refractivity contribution >= 4 is 29.4 Å². The Kier molecular flexibility index (Phi) is 3.93. The van der Waals surface area contributed by atoms with E-state index in [1.807, 2.05) is 0 Å². The van der Waals surface area contributed by atoms with E-state index < -0.39 is 10.9 Å². The SMILES string of the molecule is Cn1cnc([N+](=O)[O-])c1N1CCSCC1CC(=O)O. The number of nitrogens with zero attached hydrogens (tertiary/aromatic N) is 4. The van der Waals surface area contributed by atoms with Crippen LogP contribution in [-0.4, -0.2) is 49.6 Å². The normalized spacial score (nSPS) is 19.4. The van der Waals surface area contributed by atoms with Crippen LogP contribution in [0.1, 0.15) is 6.42 Å². The van der Waals surface area contributed by atoms with E-state index >= 15 is 0 Å². The fraction of sp³-hybridized carbons (Fsp3) is 0.600. The molecule has 1 aromatic heterocycles. The number of rotatable bonds is 4. The number of nitro groups is 1. The molecule has 0 aromatic carbocycles. The first-order valence-electron chi connectivity index (χ1n) is 5.72. The summed E-state index contributed by atoms with van der Waals surface area (Å²) in [5, 5.41) is 19.9. The molecule has 19 heavy (non-hydrogen) atoms. The maximum atomic E-state index is 11.0. The molecule has 2 heterocycles. The van der Waals surface area contributed by atoms with Crippen LogP contribution in [-0.2, 0) is 11.8 Å². The molecule has 1 fully saturated rings. The van der Waals surface area contributed by atoms with Gasteiger partial charge in [0.1, 0.15) is 0 Å². The summed E-state index contributed by atoms with van der Waals surface area (Å²) >= 11 is 1.66. The van der Waals surface area contributed by atoms with E-state index in [9.17, 15) is 14.9 Å². The molecule has 0 saturated carbocycles. The summed E-state index contributed by atoms with van der Waals surface area (Å²) < 4.78 is 1.57. The molecule has 0 spiro atoms. The van der Waals surface area contributed by atoms with Gasteiger partial charge in [0, 0.05) is 25.1 Å². The molecule has 1 aliphatic heterocycles. The number of carboxylic acid groups (broad SMARTS) is 1. The third kappa shape index (κ3) is 2.80. The number of carboxylic acids is 1. The van der Waals surface area contributed by atoms with Gasteiger partial charge in [-0.1, -0.05) is 0 Å². The molecular formula is C10H14N4O4S. The number of aryl methyl sites for hydroxylation is 1. The minimum absolute atomic E-state index is 0.0324. The topological polar surface area (TPSA) is 101 Å². The second-order valence-electron chi connectivity index (χ2n) is 4.28. The lowest BCUT2D eigenvalue weighted by Gasteiger charge is -2.35. The molecule has 0 radical (unpaired) electrons. The minimum Gasteiger partial charge on any atom is -0.481 e. The lowest BCUT2D eigenvalue weighted by molar-refractivity contribution is -0.388. The lowest BCUT2D eigenvalue weighted by Crippen LogP contribution is -2.44. The Labute approximate surface area is 113 Å². The van der Waals surface area contributed by atoms with Crippen molar-refractivity contribution in [3.8, 4) is 0 Å². The van der Waals surface area contributed by atoms with Gasteiger partial charge in [-0.2, -0.15) is 11.8 Å². The van der Waals surface area contributed by atoms with Gasteiger partial charge in [0.25, 0.3) is 0 Å². The number of hydrogen-bond donors (Lipinski definition) is 1. The van der Waals surface area contributed by atoms with Crippen molar-refractivity contribution < 1.29 is 14.8 Å². The first-order chi connectivity index (χ1) is 9.00. The van der Waals surface area contributed by atoms with Crippen LogP contribution in [0.2, 0.25) is 0 Å². The van der Waals surface area contributed by atoms with E-state index in [4.69, 9.17) is 5.11 Å². The van der Waals surface area contributed by atoms with Gasteiger partial charge in [-0.25, -0.2) is 0 Å². The lowest BCUT2D eigenvalue weighted by atomic mass is 10.2. The first-order valence-corrected chi connectivity index (χ1v) is 6.88. The summed E-state index contributed by atoms with van der Waals surface area (Å²) in [4.78, 5) is 26.9. The summed E-state index contributed by atoms with van der Waals surface area (Å²) in [6.07, 6.45) is 1.35. The molecule has 8 nitrogen and oxygen atoms in total. The molecule has 104 valence electrons. The van der Waals surface area contributed by atoms with E-state index in [-0.39, 0.29) is 18.3 Å². The zero-order valence-corrected chi connectivity index (χ0v) is 11.2. The number of hydrogen-bond acceptors (Lipinski definition) is 6. The van der Waals surface area contributed by atoms with Crippen molar-refractivity contribution in [3.63, 3.8) is 0 Å². The first kappa shape index (κ1) is 13.7. The number of anilines is 1. The third-order valence-corrected chi connectivity index (χ3v) is 4.06. The molecule has 2 rings (SSSR count). The molecular weight excluding hydrogens is 272 g/mol. The maximum Gasteiger partial charge on any atom is 0.406 e. The fourth-order valence-electron chi connectivity index (χ4n) is 2.18. The van der Waals surface area contributed by atoms with Crippen LogP contribution in [0.4, 0.5) is 11.6 Å². The largest absolute Gasteiger partial charge is 0.481 e. The number of aliphatic carboxylic acids is 1. The highest BCUT2D eigenvalue weighted by atomic mass is 32.2. The number of imidazole rings is 1. The van der Waals surface area contributed by atoms with Crippen LogP contribution in [0.3, 0.4) is 0 Å². The third-order valence-electron chi connectivity index (χ3n) is 2.97. The summed E-state index contributed by atoms with van der Waals surface area (Å²) in [5.41, 5.74) is 0. The van der Waals surface area contributed by atoms with Gasteiger partial charge in [0.2, 0.25) is 12.1 Å². The number of thioether (sulfide) groups is 1.